The molecule has 0 aromatic heterocycles. The summed E-state index contributed by atoms with van der Waals surface area (Å²) < 4.78 is 0. The van der Waals surface area contributed by atoms with Crippen molar-refractivity contribution in [2.75, 3.05) is 50.7 Å². The van der Waals surface area contributed by atoms with Gasteiger partial charge in [-0.05, 0) is 37.6 Å². The van der Waals surface area contributed by atoms with Crippen LogP contribution in [-0.2, 0) is 4.79 Å². The van der Waals surface area contributed by atoms with Gasteiger partial charge in [0.2, 0.25) is 5.91 Å². The summed E-state index contributed by atoms with van der Waals surface area (Å²) in [6.07, 6.45) is 0.921. The number of hydrogen-bond acceptors (Lipinski definition) is 4. The van der Waals surface area contributed by atoms with Crippen molar-refractivity contribution in [1.82, 2.24) is 20.9 Å². The number of benzene rings is 1. The third-order valence-electron chi connectivity index (χ3n) is 4.78. The van der Waals surface area contributed by atoms with E-state index in [-0.39, 0.29) is 11.9 Å². The quantitative estimate of drug-likeness (QED) is 0.649. The fraction of sp³-hybridized carbons (Fsp3) is 0.556. The lowest BCUT2D eigenvalue weighted by atomic mass is 10.2. The second-order valence-corrected chi connectivity index (χ2v) is 6.72. The van der Waals surface area contributed by atoms with Crippen LogP contribution >= 0.6 is 0 Å². The zero-order valence-electron chi connectivity index (χ0n) is 14.8. The van der Waals surface area contributed by atoms with E-state index in [1.54, 1.807) is 0 Å². The van der Waals surface area contributed by atoms with E-state index in [2.05, 4.69) is 56.9 Å². The van der Waals surface area contributed by atoms with Gasteiger partial charge in [-0.3, -0.25) is 9.69 Å². The van der Waals surface area contributed by atoms with Crippen molar-refractivity contribution < 1.29 is 9.59 Å². The minimum atomic E-state index is -0.439. The second kappa shape index (κ2) is 8.20. The standard InChI is InChI=1S/C18H27N5O2/c1-14-4-2-5-15(12-14)23-10-8-22(9-11-23)7-3-6-19-17(24)16-13-20-18(25)21-16/h2,4-5,12,16H,3,6-11,13H2,1H3,(H,19,24)(H2,20,21,25). The highest BCUT2D eigenvalue weighted by molar-refractivity contribution is 5.90. The van der Waals surface area contributed by atoms with Crippen LogP contribution in [0.15, 0.2) is 24.3 Å². The number of urea groups is 1. The molecule has 0 spiro atoms. The molecule has 1 aromatic rings. The molecule has 3 N–H and O–H groups in total. The number of carbonyl (C=O) groups excluding carboxylic acids is 2. The van der Waals surface area contributed by atoms with Gasteiger partial charge in [0.25, 0.3) is 0 Å². The lowest BCUT2D eigenvalue weighted by Gasteiger charge is -2.36. The van der Waals surface area contributed by atoms with E-state index in [4.69, 9.17) is 0 Å². The Morgan fingerprint density at radius 1 is 1.28 bits per heavy atom. The van der Waals surface area contributed by atoms with Crippen molar-refractivity contribution >= 4 is 17.6 Å². The highest BCUT2D eigenvalue weighted by Gasteiger charge is 2.26. The van der Waals surface area contributed by atoms with Crippen molar-refractivity contribution in [2.24, 2.45) is 0 Å². The summed E-state index contributed by atoms with van der Waals surface area (Å²) in [5, 5.41) is 8.07. The Bertz CT molecular complexity index is 613. The lowest BCUT2D eigenvalue weighted by Crippen LogP contribution is -2.47. The van der Waals surface area contributed by atoms with Crippen LogP contribution in [0.25, 0.3) is 0 Å². The van der Waals surface area contributed by atoms with Crippen LogP contribution < -0.4 is 20.9 Å². The fourth-order valence-corrected chi connectivity index (χ4v) is 3.31. The largest absolute Gasteiger partial charge is 0.369 e. The van der Waals surface area contributed by atoms with Crippen molar-refractivity contribution in [3.05, 3.63) is 29.8 Å². The molecule has 2 saturated heterocycles. The molecule has 0 bridgehead atoms. The maximum Gasteiger partial charge on any atom is 0.315 e. The minimum absolute atomic E-state index is 0.109. The molecule has 2 aliphatic rings. The van der Waals surface area contributed by atoms with Gasteiger partial charge in [-0.2, -0.15) is 0 Å². The fourth-order valence-electron chi connectivity index (χ4n) is 3.31. The first-order chi connectivity index (χ1) is 12.1. The number of piperazine rings is 1. The van der Waals surface area contributed by atoms with Crippen molar-refractivity contribution in [1.29, 1.82) is 0 Å². The van der Waals surface area contributed by atoms with E-state index in [9.17, 15) is 9.59 Å². The lowest BCUT2D eigenvalue weighted by molar-refractivity contribution is -0.122. The number of rotatable bonds is 6. The molecule has 0 aliphatic carbocycles. The van der Waals surface area contributed by atoms with E-state index in [0.29, 0.717) is 13.1 Å². The molecule has 7 heteroatoms. The number of anilines is 1. The average molecular weight is 345 g/mol. The van der Waals surface area contributed by atoms with Gasteiger partial charge in [0.05, 0.1) is 0 Å². The highest BCUT2D eigenvalue weighted by Crippen LogP contribution is 2.17. The molecular formula is C18H27N5O2. The zero-order chi connectivity index (χ0) is 17.6. The van der Waals surface area contributed by atoms with Gasteiger partial charge in [-0.25, -0.2) is 4.79 Å². The Balaban J connectivity index is 1.32. The van der Waals surface area contributed by atoms with E-state index >= 15 is 0 Å². The molecule has 1 atom stereocenters. The molecule has 136 valence electrons. The summed E-state index contributed by atoms with van der Waals surface area (Å²) in [5.74, 6) is -0.109. The second-order valence-electron chi connectivity index (χ2n) is 6.72. The zero-order valence-corrected chi connectivity index (χ0v) is 14.8. The number of carbonyl (C=O) groups is 2. The molecule has 1 unspecified atom stereocenters. The first-order valence-electron chi connectivity index (χ1n) is 8.98. The smallest absolute Gasteiger partial charge is 0.315 e. The summed E-state index contributed by atoms with van der Waals surface area (Å²) in [5.41, 5.74) is 2.60. The van der Waals surface area contributed by atoms with Crippen molar-refractivity contribution in [2.45, 2.75) is 19.4 Å². The monoisotopic (exact) mass is 345 g/mol. The number of nitrogens with one attached hydrogen (secondary N) is 3. The highest BCUT2D eigenvalue weighted by atomic mass is 16.2. The molecule has 1 aromatic carbocycles. The molecule has 0 saturated carbocycles. The third kappa shape index (κ3) is 4.85. The van der Waals surface area contributed by atoms with Gasteiger partial charge in [-0.15, -0.1) is 0 Å². The molecule has 2 aliphatic heterocycles. The summed E-state index contributed by atoms with van der Waals surface area (Å²) >= 11 is 0. The van der Waals surface area contributed by atoms with Gasteiger partial charge in [0.15, 0.2) is 0 Å². The van der Waals surface area contributed by atoms with Crippen LogP contribution in [0.3, 0.4) is 0 Å². The van der Waals surface area contributed by atoms with Crippen molar-refractivity contribution in [3.8, 4) is 0 Å². The van der Waals surface area contributed by atoms with Crippen molar-refractivity contribution in [3.63, 3.8) is 0 Å². The molecule has 3 amide bonds. The Morgan fingerprint density at radius 3 is 2.76 bits per heavy atom. The average Bonchev–Trinajstić information content (AvgIpc) is 3.06. The molecule has 25 heavy (non-hydrogen) atoms. The van der Waals surface area contributed by atoms with Gasteiger partial charge < -0.3 is 20.9 Å². The van der Waals surface area contributed by atoms with Crippen LogP contribution in [0.5, 0.6) is 0 Å². The SMILES string of the molecule is Cc1cccc(N2CCN(CCCNC(=O)C3CNC(=O)N3)CC2)c1. The molecule has 3 rings (SSSR count). The summed E-state index contributed by atoms with van der Waals surface area (Å²) in [6, 6.07) is 7.94. The predicted molar refractivity (Wildman–Crippen MR) is 97.8 cm³/mol. The first-order valence-corrected chi connectivity index (χ1v) is 8.98. The molecule has 2 fully saturated rings. The summed E-state index contributed by atoms with van der Waals surface area (Å²) in [6.45, 7) is 8.29. The topological polar surface area (TPSA) is 76.7 Å². The van der Waals surface area contributed by atoms with Crippen LogP contribution in [0.2, 0.25) is 0 Å². The third-order valence-corrected chi connectivity index (χ3v) is 4.78. The first kappa shape index (κ1) is 17.5. The Kier molecular flexibility index (Phi) is 5.75. The number of nitrogens with zero attached hydrogens (tertiary/aromatic N) is 2. The predicted octanol–water partition coefficient (Wildman–Crippen LogP) is 0.305. The number of amides is 3. The van der Waals surface area contributed by atoms with E-state index in [1.165, 1.54) is 11.3 Å². The Hall–Kier alpha value is -2.28. The van der Waals surface area contributed by atoms with E-state index in [0.717, 1.165) is 39.1 Å². The maximum absolute atomic E-state index is 11.9. The maximum atomic E-state index is 11.9. The van der Waals surface area contributed by atoms with Gasteiger partial charge >= 0.3 is 6.03 Å². The Labute approximate surface area is 148 Å². The van der Waals surface area contributed by atoms with Crippen LogP contribution in [-0.4, -0.2) is 68.7 Å². The van der Waals surface area contributed by atoms with Gasteiger partial charge in [0, 0.05) is 45.0 Å². The number of hydrogen-bond donors (Lipinski definition) is 3. The number of aryl methyl sites for hydroxylation is 1. The Morgan fingerprint density at radius 2 is 2.08 bits per heavy atom. The molecule has 2 heterocycles. The van der Waals surface area contributed by atoms with Crippen LogP contribution in [0, 0.1) is 6.92 Å². The normalized spacial score (nSPS) is 20.9. The molecule has 0 radical (unpaired) electrons. The summed E-state index contributed by atoms with van der Waals surface area (Å²) in [7, 11) is 0. The summed E-state index contributed by atoms with van der Waals surface area (Å²) in [4.78, 5) is 27.8. The van der Waals surface area contributed by atoms with Crippen LogP contribution in [0.4, 0.5) is 10.5 Å². The van der Waals surface area contributed by atoms with Crippen LogP contribution in [0.1, 0.15) is 12.0 Å². The van der Waals surface area contributed by atoms with Gasteiger partial charge in [-0.1, -0.05) is 12.1 Å². The minimum Gasteiger partial charge on any atom is -0.369 e. The van der Waals surface area contributed by atoms with Gasteiger partial charge in [0.1, 0.15) is 6.04 Å². The van der Waals surface area contributed by atoms with E-state index in [1.807, 2.05) is 0 Å². The van der Waals surface area contributed by atoms with E-state index < -0.39 is 6.04 Å². The molecule has 7 nitrogen and oxygen atoms in total. The molecular weight excluding hydrogens is 318 g/mol.